The lowest BCUT2D eigenvalue weighted by Gasteiger charge is -2.16. The third-order valence-corrected chi connectivity index (χ3v) is 7.06. The molecule has 1 saturated heterocycles. The molecule has 7 nitrogen and oxygen atoms in total. The van der Waals surface area contributed by atoms with Gasteiger partial charge in [0.05, 0.1) is 29.5 Å². The number of benzene rings is 1. The van der Waals surface area contributed by atoms with Crippen LogP contribution in [0.3, 0.4) is 0 Å². The maximum Gasteiger partial charge on any atom is 0.261 e. The highest BCUT2D eigenvalue weighted by Gasteiger charge is 2.37. The van der Waals surface area contributed by atoms with E-state index in [0.717, 1.165) is 27.6 Å². The Kier molecular flexibility index (Phi) is 6.55. The predicted molar refractivity (Wildman–Crippen MR) is 150 cm³/mol. The monoisotopic (exact) mass is 541 g/mol. The van der Waals surface area contributed by atoms with Crippen molar-refractivity contribution < 1.29 is 13.2 Å². The summed E-state index contributed by atoms with van der Waals surface area (Å²) in [5.41, 5.74) is 6.31. The van der Waals surface area contributed by atoms with E-state index in [1.54, 1.807) is 29.4 Å². The van der Waals surface area contributed by atoms with E-state index >= 15 is 0 Å². The smallest absolute Gasteiger partial charge is 0.261 e. The van der Waals surface area contributed by atoms with E-state index < -0.39 is 5.92 Å². The molecule has 202 valence electrons. The number of H-pyrrole nitrogens is 2. The molecule has 6 rings (SSSR count). The van der Waals surface area contributed by atoms with Gasteiger partial charge in [0.25, 0.3) is 5.92 Å². The zero-order valence-corrected chi connectivity index (χ0v) is 21.8. The molecule has 10 heteroatoms. The summed E-state index contributed by atoms with van der Waals surface area (Å²) < 4.78 is 41.3. The number of alkyl halides is 2. The summed E-state index contributed by atoms with van der Waals surface area (Å²) in [6, 6.07) is 10.1. The summed E-state index contributed by atoms with van der Waals surface area (Å²) in [6.07, 6.45) is 8.76. The van der Waals surface area contributed by atoms with Crippen LogP contribution in [0.25, 0.3) is 50.3 Å². The minimum atomic E-state index is -2.65. The highest BCUT2D eigenvalue weighted by atomic mass is 19.3. The number of nitrogens with one attached hydrogen (secondary N) is 2. The van der Waals surface area contributed by atoms with E-state index in [1.807, 2.05) is 37.3 Å². The first-order chi connectivity index (χ1) is 19.3. The number of likely N-dealkylation sites (tertiary alicyclic amines) is 1. The third kappa shape index (κ3) is 4.93. The van der Waals surface area contributed by atoms with Crippen molar-refractivity contribution in [1.82, 2.24) is 35.0 Å². The maximum atomic E-state index is 13.9. The van der Waals surface area contributed by atoms with Crippen molar-refractivity contribution in [1.29, 1.82) is 0 Å². The predicted octanol–water partition coefficient (Wildman–Crippen LogP) is 6.56. The van der Waals surface area contributed by atoms with Gasteiger partial charge in [-0.05, 0) is 54.0 Å². The quantitative estimate of drug-likeness (QED) is 0.228. The summed E-state index contributed by atoms with van der Waals surface area (Å²) in [6.45, 7) is 6.27. The summed E-state index contributed by atoms with van der Waals surface area (Å²) in [5.74, 6) is -2.47. The lowest BCUT2D eigenvalue weighted by atomic mass is 10.1. The molecule has 0 atom stereocenters. The molecule has 1 aromatic carbocycles. The Bertz CT molecular complexity index is 1800. The highest BCUT2D eigenvalue weighted by Crippen LogP contribution is 2.32. The van der Waals surface area contributed by atoms with E-state index in [4.69, 9.17) is 0 Å². The van der Waals surface area contributed by atoms with Gasteiger partial charge in [-0.25, -0.2) is 23.1 Å². The molecule has 40 heavy (non-hydrogen) atoms. The Labute approximate surface area is 228 Å². The van der Waals surface area contributed by atoms with E-state index in [1.165, 1.54) is 12.1 Å². The summed E-state index contributed by atoms with van der Waals surface area (Å²) in [7, 11) is 0. The van der Waals surface area contributed by atoms with Gasteiger partial charge in [0.15, 0.2) is 11.5 Å². The van der Waals surface area contributed by atoms with Crippen molar-refractivity contribution in [3.63, 3.8) is 0 Å². The van der Waals surface area contributed by atoms with Gasteiger partial charge >= 0.3 is 0 Å². The number of aromatic amines is 2. The molecule has 1 fully saturated rings. The van der Waals surface area contributed by atoms with Crippen molar-refractivity contribution >= 4 is 27.6 Å². The van der Waals surface area contributed by atoms with Crippen LogP contribution in [0.2, 0.25) is 0 Å². The van der Waals surface area contributed by atoms with Gasteiger partial charge in [-0.3, -0.25) is 15.0 Å². The van der Waals surface area contributed by atoms with Gasteiger partial charge in [-0.15, -0.1) is 0 Å². The van der Waals surface area contributed by atoms with Crippen LogP contribution in [0.5, 0.6) is 0 Å². The van der Waals surface area contributed by atoms with Crippen LogP contribution in [-0.2, 0) is 0 Å². The Balaban J connectivity index is 1.35. The third-order valence-electron chi connectivity index (χ3n) is 7.06. The number of fused-ring (bicyclic) bond motifs is 2. The topological polar surface area (TPSA) is 86.4 Å². The number of rotatable bonds is 7. The number of imidazole rings is 1. The fraction of sp³-hybridized carbons (Fsp3) is 0.200. The largest absolute Gasteiger partial charge is 0.335 e. The van der Waals surface area contributed by atoms with Crippen LogP contribution in [-0.4, -0.2) is 60.6 Å². The maximum absolute atomic E-state index is 13.9. The molecule has 5 heterocycles. The fourth-order valence-electron chi connectivity index (χ4n) is 5.05. The van der Waals surface area contributed by atoms with E-state index in [2.05, 4.69) is 36.7 Å². The SMILES string of the molecule is C=C/C(=C\C(=C/C)c1cc2c(-c3nc4nccc(-c5cccc(F)c5)c4[nH]3)n[nH]c2cn1)CN1CCC(F)(F)C1. The second kappa shape index (κ2) is 10.2. The second-order valence-electron chi connectivity index (χ2n) is 9.82. The van der Waals surface area contributed by atoms with Gasteiger partial charge in [-0.1, -0.05) is 30.9 Å². The first-order valence-electron chi connectivity index (χ1n) is 12.9. The van der Waals surface area contributed by atoms with Crippen molar-refractivity contribution in [2.75, 3.05) is 19.6 Å². The van der Waals surface area contributed by atoms with Crippen molar-refractivity contribution in [3.8, 4) is 22.6 Å². The lowest BCUT2D eigenvalue weighted by molar-refractivity contribution is 0.0131. The molecule has 1 aliphatic heterocycles. The normalized spacial score (nSPS) is 16.3. The average molecular weight is 542 g/mol. The molecule has 0 bridgehead atoms. The second-order valence-corrected chi connectivity index (χ2v) is 9.82. The molecule has 0 saturated carbocycles. The molecular weight excluding hydrogens is 515 g/mol. The Morgan fingerprint density at radius 2 is 2.08 bits per heavy atom. The molecule has 0 radical (unpaired) electrons. The Morgan fingerprint density at radius 3 is 2.83 bits per heavy atom. The first-order valence-corrected chi connectivity index (χ1v) is 12.9. The van der Waals surface area contributed by atoms with Crippen LogP contribution >= 0.6 is 0 Å². The molecule has 1 aliphatic rings. The number of hydrogen-bond donors (Lipinski definition) is 2. The van der Waals surface area contributed by atoms with Gasteiger partial charge < -0.3 is 4.98 Å². The van der Waals surface area contributed by atoms with Crippen LogP contribution in [0, 0.1) is 5.82 Å². The number of allylic oxidation sites excluding steroid dienone is 3. The van der Waals surface area contributed by atoms with E-state index in [0.29, 0.717) is 47.0 Å². The minimum Gasteiger partial charge on any atom is -0.335 e. The first kappa shape index (κ1) is 25.7. The number of nitrogens with zero attached hydrogens (tertiary/aromatic N) is 5. The van der Waals surface area contributed by atoms with Gasteiger partial charge in [0.1, 0.15) is 11.5 Å². The van der Waals surface area contributed by atoms with Crippen LogP contribution < -0.4 is 0 Å². The van der Waals surface area contributed by atoms with Crippen LogP contribution in [0.15, 0.2) is 79.2 Å². The molecule has 5 aromatic rings. The van der Waals surface area contributed by atoms with Crippen LogP contribution in [0.1, 0.15) is 19.0 Å². The Hall–Kier alpha value is -4.57. The van der Waals surface area contributed by atoms with Gasteiger partial charge in [0, 0.05) is 36.7 Å². The Morgan fingerprint density at radius 1 is 1.20 bits per heavy atom. The van der Waals surface area contributed by atoms with Crippen molar-refractivity contribution in [2.24, 2.45) is 0 Å². The highest BCUT2D eigenvalue weighted by molar-refractivity contribution is 5.96. The molecular formula is C30H26F3N7. The standard InChI is InChI=1S/C30H26F3N7/c1-3-18(16-40-11-9-30(32,33)17-40)12-19(4-2)24-14-23-25(15-35-24)38-39-27(23)29-36-26-22(8-10-34-28(26)37-29)20-6-5-7-21(31)13-20/h3-8,10,12-15H,1,9,11,16-17H2,2H3,(H,38,39)(H,34,36,37)/b18-12+,19-4+. The summed E-state index contributed by atoms with van der Waals surface area (Å²) in [4.78, 5) is 18.7. The molecule has 0 spiro atoms. The van der Waals surface area contributed by atoms with Gasteiger partial charge in [-0.2, -0.15) is 5.10 Å². The summed E-state index contributed by atoms with van der Waals surface area (Å²) in [5, 5.41) is 8.29. The molecule has 4 aromatic heterocycles. The average Bonchev–Trinajstić information content (AvgIpc) is 3.66. The van der Waals surface area contributed by atoms with E-state index in [9.17, 15) is 13.2 Å². The molecule has 0 amide bonds. The zero-order chi connectivity index (χ0) is 27.9. The van der Waals surface area contributed by atoms with E-state index in [-0.39, 0.29) is 18.8 Å². The number of halogens is 3. The zero-order valence-electron chi connectivity index (χ0n) is 21.8. The minimum absolute atomic E-state index is 0.129. The lowest BCUT2D eigenvalue weighted by Crippen LogP contribution is -2.26. The summed E-state index contributed by atoms with van der Waals surface area (Å²) >= 11 is 0. The number of hydrogen-bond acceptors (Lipinski definition) is 5. The fourth-order valence-corrected chi connectivity index (χ4v) is 5.05. The van der Waals surface area contributed by atoms with Crippen LogP contribution in [0.4, 0.5) is 13.2 Å². The molecule has 0 unspecified atom stereocenters. The molecule has 0 aliphatic carbocycles. The van der Waals surface area contributed by atoms with Crippen molar-refractivity contribution in [3.05, 3.63) is 90.7 Å². The van der Waals surface area contributed by atoms with Gasteiger partial charge in [0.2, 0.25) is 0 Å². The molecule has 2 N–H and O–H groups in total. The number of aromatic nitrogens is 6. The van der Waals surface area contributed by atoms with Crippen molar-refractivity contribution in [2.45, 2.75) is 19.3 Å². The number of pyridine rings is 2.